The van der Waals surface area contributed by atoms with Gasteiger partial charge in [0.25, 0.3) is 0 Å². The van der Waals surface area contributed by atoms with E-state index < -0.39 is 0 Å². The molecule has 0 saturated heterocycles. The van der Waals surface area contributed by atoms with E-state index in [2.05, 4.69) is 9.97 Å². The third-order valence-electron chi connectivity index (χ3n) is 3.26. The van der Waals surface area contributed by atoms with Crippen molar-refractivity contribution in [1.29, 1.82) is 0 Å². The van der Waals surface area contributed by atoms with Crippen molar-refractivity contribution < 1.29 is 9.84 Å². The monoisotopic (exact) mass is 266 g/mol. The Morgan fingerprint density at radius 2 is 1.95 bits per heavy atom. The van der Waals surface area contributed by atoms with E-state index in [1.54, 1.807) is 31.6 Å². The Hall–Kier alpha value is -2.62. The molecule has 0 fully saturated rings. The molecule has 0 amide bonds. The van der Waals surface area contributed by atoms with Gasteiger partial charge in [0, 0.05) is 35.0 Å². The summed E-state index contributed by atoms with van der Waals surface area (Å²) in [4.78, 5) is 8.58. The van der Waals surface area contributed by atoms with E-state index in [1.165, 1.54) is 0 Å². The van der Waals surface area contributed by atoms with Gasteiger partial charge in [0.2, 0.25) is 5.88 Å². The number of rotatable bonds is 2. The Bertz CT molecular complexity index is 785. The third kappa shape index (κ3) is 2.05. The molecular formula is C16H14N2O2. The van der Waals surface area contributed by atoms with Crippen molar-refractivity contribution in [3.63, 3.8) is 0 Å². The summed E-state index contributed by atoms with van der Waals surface area (Å²) in [6, 6.07) is 9.17. The molecule has 0 atom stereocenters. The minimum Gasteiger partial charge on any atom is -0.508 e. The van der Waals surface area contributed by atoms with Gasteiger partial charge in [0.05, 0.1) is 12.6 Å². The number of aromatic nitrogens is 2. The van der Waals surface area contributed by atoms with Gasteiger partial charge in [-0.05, 0) is 36.8 Å². The lowest BCUT2D eigenvalue weighted by Gasteiger charge is -2.09. The summed E-state index contributed by atoms with van der Waals surface area (Å²) in [5.74, 6) is 0.843. The van der Waals surface area contributed by atoms with Crippen LogP contribution in [-0.2, 0) is 0 Å². The Balaban J connectivity index is 2.21. The lowest BCUT2D eigenvalue weighted by molar-refractivity contribution is 0.394. The van der Waals surface area contributed by atoms with Crippen molar-refractivity contribution in [2.75, 3.05) is 7.11 Å². The highest BCUT2D eigenvalue weighted by Crippen LogP contribution is 2.30. The van der Waals surface area contributed by atoms with Crippen LogP contribution in [0.5, 0.6) is 11.6 Å². The number of methoxy groups -OCH3 is 1. The highest BCUT2D eigenvalue weighted by molar-refractivity contribution is 5.94. The lowest BCUT2D eigenvalue weighted by Crippen LogP contribution is -1.92. The smallest absolute Gasteiger partial charge is 0.215 e. The number of hydrogen-bond donors (Lipinski definition) is 1. The molecule has 0 bridgehead atoms. The van der Waals surface area contributed by atoms with Gasteiger partial charge in [-0.3, -0.25) is 4.98 Å². The zero-order valence-corrected chi connectivity index (χ0v) is 11.3. The minimum atomic E-state index is 0.214. The van der Waals surface area contributed by atoms with Crippen molar-refractivity contribution in [2.45, 2.75) is 6.92 Å². The van der Waals surface area contributed by atoms with Gasteiger partial charge in [-0.1, -0.05) is 0 Å². The first-order valence-electron chi connectivity index (χ1n) is 6.28. The average molecular weight is 266 g/mol. The van der Waals surface area contributed by atoms with Crippen LogP contribution in [-0.4, -0.2) is 22.2 Å². The molecule has 3 aromatic rings. The van der Waals surface area contributed by atoms with Crippen molar-refractivity contribution in [3.8, 4) is 22.8 Å². The quantitative estimate of drug-likeness (QED) is 0.773. The number of fused-ring (bicyclic) bond motifs is 1. The van der Waals surface area contributed by atoms with Gasteiger partial charge >= 0.3 is 0 Å². The summed E-state index contributed by atoms with van der Waals surface area (Å²) in [7, 11) is 1.61. The van der Waals surface area contributed by atoms with Crippen LogP contribution in [0.4, 0.5) is 0 Å². The topological polar surface area (TPSA) is 55.2 Å². The second-order valence-electron chi connectivity index (χ2n) is 4.61. The zero-order valence-electron chi connectivity index (χ0n) is 11.3. The summed E-state index contributed by atoms with van der Waals surface area (Å²) in [5.41, 5.74) is 3.78. The Labute approximate surface area is 116 Å². The molecule has 20 heavy (non-hydrogen) atoms. The number of phenolic OH excluding ortho intramolecular Hbond substituents is 1. The Morgan fingerprint density at radius 1 is 1.10 bits per heavy atom. The van der Waals surface area contributed by atoms with E-state index in [1.807, 2.05) is 25.1 Å². The third-order valence-corrected chi connectivity index (χ3v) is 3.26. The number of ether oxygens (including phenoxy) is 1. The number of phenols is 1. The molecular weight excluding hydrogens is 252 g/mol. The van der Waals surface area contributed by atoms with Crippen molar-refractivity contribution in [2.24, 2.45) is 0 Å². The normalized spacial score (nSPS) is 10.7. The van der Waals surface area contributed by atoms with Crippen molar-refractivity contribution in [1.82, 2.24) is 9.97 Å². The highest BCUT2D eigenvalue weighted by atomic mass is 16.5. The average Bonchev–Trinajstić information content (AvgIpc) is 2.46. The SMILES string of the molecule is COc1ncc(-c2ccnc3cc(O)ccc23)cc1C. The molecule has 0 spiro atoms. The van der Waals surface area contributed by atoms with Gasteiger partial charge in [-0.25, -0.2) is 4.98 Å². The fourth-order valence-electron chi connectivity index (χ4n) is 2.31. The molecule has 3 rings (SSSR count). The fourth-order valence-corrected chi connectivity index (χ4v) is 2.31. The van der Waals surface area contributed by atoms with Crippen LogP contribution >= 0.6 is 0 Å². The number of aryl methyl sites for hydroxylation is 1. The number of hydrogen-bond acceptors (Lipinski definition) is 4. The van der Waals surface area contributed by atoms with Crippen LogP contribution in [0.15, 0.2) is 42.7 Å². The summed E-state index contributed by atoms with van der Waals surface area (Å²) in [6.45, 7) is 1.96. The van der Waals surface area contributed by atoms with E-state index in [4.69, 9.17) is 4.74 Å². The molecule has 4 heteroatoms. The van der Waals surface area contributed by atoms with Gasteiger partial charge in [-0.15, -0.1) is 0 Å². The molecule has 0 aliphatic carbocycles. The molecule has 0 aliphatic heterocycles. The maximum Gasteiger partial charge on any atom is 0.215 e. The standard InChI is InChI=1S/C16H14N2O2/c1-10-7-11(9-18-16(10)20-2)13-5-6-17-15-8-12(19)3-4-14(13)15/h3-9,19H,1-2H3. The molecule has 4 nitrogen and oxygen atoms in total. The Morgan fingerprint density at radius 3 is 2.70 bits per heavy atom. The van der Waals surface area contributed by atoms with Gasteiger partial charge in [-0.2, -0.15) is 0 Å². The predicted molar refractivity (Wildman–Crippen MR) is 77.9 cm³/mol. The van der Waals surface area contributed by atoms with Crippen molar-refractivity contribution >= 4 is 10.9 Å². The first-order chi connectivity index (χ1) is 9.69. The molecule has 0 aliphatic rings. The van der Waals surface area contributed by atoms with Crippen LogP contribution < -0.4 is 4.74 Å². The van der Waals surface area contributed by atoms with Crippen LogP contribution in [0.2, 0.25) is 0 Å². The minimum absolute atomic E-state index is 0.214. The number of aromatic hydroxyl groups is 1. The number of nitrogens with zero attached hydrogens (tertiary/aromatic N) is 2. The molecule has 0 unspecified atom stereocenters. The second kappa shape index (κ2) is 4.81. The lowest BCUT2D eigenvalue weighted by atomic mass is 10.0. The first-order valence-corrected chi connectivity index (χ1v) is 6.28. The molecule has 1 N–H and O–H groups in total. The van der Waals surface area contributed by atoms with E-state index in [-0.39, 0.29) is 5.75 Å². The van der Waals surface area contributed by atoms with Crippen LogP contribution in [0, 0.1) is 6.92 Å². The maximum atomic E-state index is 9.54. The second-order valence-corrected chi connectivity index (χ2v) is 4.61. The van der Waals surface area contributed by atoms with Crippen LogP contribution in [0.3, 0.4) is 0 Å². The van der Waals surface area contributed by atoms with E-state index in [0.717, 1.165) is 27.6 Å². The molecule has 0 saturated carbocycles. The molecule has 0 radical (unpaired) electrons. The van der Waals surface area contributed by atoms with E-state index in [9.17, 15) is 5.11 Å². The number of pyridine rings is 2. The van der Waals surface area contributed by atoms with Crippen LogP contribution in [0.1, 0.15) is 5.56 Å². The van der Waals surface area contributed by atoms with E-state index in [0.29, 0.717) is 5.88 Å². The largest absolute Gasteiger partial charge is 0.508 e. The van der Waals surface area contributed by atoms with Gasteiger partial charge in [0.15, 0.2) is 0 Å². The Kier molecular flexibility index (Phi) is 2.99. The van der Waals surface area contributed by atoms with Crippen LogP contribution in [0.25, 0.3) is 22.0 Å². The van der Waals surface area contributed by atoms with Gasteiger partial charge in [0.1, 0.15) is 5.75 Å². The molecule has 2 heterocycles. The molecule has 2 aromatic heterocycles. The zero-order chi connectivity index (χ0) is 14.1. The van der Waals surface area contributed by atoms with E-state index >= 15 is 0 Å². The predicted octanol–water partition coefficient (Wildman–Crippen LogP) is 3.32. The summed E-state index contributed by atoms with van der Waals surface area (Å²) in [6.07, 6.45) is 3.52. The molecule has 1 aromatic carbocycles. The summed E-state index contributed by atoms with van der Waals surface area (Å²) < 4.78 is 5.18. The first kappa shape index (κ1) is 12.4. The molecule has 100 valence electrons. The summed E-state index contributed by atoms with van der Waals surface area (Å²) in [5, 5.41) is 10.5. The van der Waals surface area contributed by atoms with Gasteiger partial charge < -0.3 is 9.84 Å². The fraction of sp³-hybridized carbons (Fsp3) is 0.125. The maximum absolute atomic E-state index is 9.54. The highest BCUT2D eigenvalue weighted by Gasteiger charge is 2.08. The number of benzene rings is 1. The summed E-state index contributed by atoms with van der Waals surface area (Å²) >= 11 is 0. The van der Waals surface area contributed by atoms with Crippen molar-refractivity contribution in [3.05, 3.63) is 48.3 Å².